The number of hydrogen-bond acceptors (Lipinski definition) is 3. The van der Waals surface area contributed by atoms with Gasteiger partial charge < -0.3 is 12.4 Å². The van der Waals surface area contributed by atoms with E-state index in [0.717, 1.165) is 0 Å². The van der Waals surface area contributed by atoms with Gasteiger partial charge in [0.1, 0.15) is 0 Å². The first kappa shape index (κ1) is 16.9. The molecule has 0 aromatic rings. The molecule has 10 heteroatoms. The molecule has 0 fully saturated rings. The van der Waals surface area contributed by atoms with E-state index in [4.69, 9.17) is 28.4 Å². The average molecular weight is 266 g/mol. The molecule has 60 valence electrons. The van der Waals surface area contributed by atoms with Gasteiger partial charge in [-0.25, -0.2) is 0 Å². The zero-order chi connectivity index (χ0) is 8.08. The van der Waals surface area contributed by atoms with Crippen molar-refractivity contribution in [1.29, 1.82) is 0 Å². The average Bonchev–Trinajstić information content (AvgIpc) is 1.19. The molecule has 0 amide bonds. The van der Waals surface area contributed by atoms with Crippen molar-refractivity contribution in [1.82, 2.24) is 0 Å². The van der Waals surface area contributed by atoms with Crippen molar-refractivity contribution >= 4 is 32.2 Å². The van der Waals surface area contributed by atoms with Gasteiger partial charge in [0.05, 0.1) is 0 Å². The molecule has 0 atom stereocenters. The van der Waals surface area contributed by atoms with Crippen LogP contribution in [0, 0.1) is 0 Å². The van der Waals surface area contributed by atoms with Crippen LogP contribution in [0.3, 0.4) is 0 Å². The van der Waals surface area contributed by atoms with Crippen molar-refractivity contribution in [2.75, 3.05) is 0 Å². The van der Waals surface area contributed by atoms with Crippen molar-refractivity contribution < 1.29 is 48.0 Å². The summed E-state index contributed by atoms with van der Waals surface area (Å²) in [4.78, 5) is 14.3. The van der Waals surface area contributed by atoms with Gasteiger partial charge in [0, 0.05) is 0 Å². The Hall–Kier alpha value is 0.591. The Bertz CT molecular complexity index is 164. The predicted octanol–water partition coefficient (Wildman–Crippen LogP) is -3.12. The molecule has 0 heterocycles. The van der Waals surface area contributed by atoms with Crippen LogP contribution in [-0.2, 0) is 28.0 Å². The first-order valence-corrected chi connectivity index (χ1v) is 6.09. The summed E-state index contributed by atoms with van der Waals surface area (Å²) >= 11 is -5.52. The second-order valence-electron chi connectivity index (χ2n) is 0.730. The standard InChI is InChI=1S/Mg.Mo.H2O3Si.2H2O.2O.2H/c;;1-4(2)3;;;;;;/h;;1-2H;2*1H2;;;;/q2*+2;;;;;;2*-1/p-2. The molecule has 0 aliphatic heterocycles. The molecule has 0 unspecified atom stereocenters. The van der Waals surface area contributed by atoms with E-state index >= 15 is 0 Å². The fourth-order valence-electron chi connectivity index (χ4n) is 0. The van der Waals surface area contributed by atoms with Crippen LogP contribution in [0.5, 0.6) is 0 Å². The van der Waals surface area contributed by atoms with Gasteiger partial charge in [-0.15, -0.1) is 0 Å². The second kappa shape index (κ2) is 7.70. The molecule has 0 aliphatic carbocycles. The van der Waals surface area contributed by atoms with E-state index in [1.165, 1.54) is 0 Å². The van der Waals surface area contributed by atoms with Crippen molar-refractivity contribution in [3.63, 3.8) is 0 Å². The van der Waals surface area contributed by atoms with Crippen LogP contribution in [0.1, 0.15) is 2.85 Å². The fourth-order valence-corrected chi connectivity index (χ4v) is 0. The van der Waals surface area contributed by atoms with Crippen LogP contribution < -0.4 is 0 Å². The second-order valence-corrected chi connectivity index (χ2v) is 3.50. The first-order valence-electron chi connectivity index (χ1n) is 1.35. The Morgan fingerprint density at radius 2 is 1.20 bits per heavy atom. The van der Waals surface area contributed by atoms with Crippen molar-refractivity contribution in [2.45, 2.75) is 0 Å². The summed E-state index contributed by atoms with van der Waals surface area (Å²) in [5.74, 6) is 0. The Morgan fingerprint density at radius 3 is 1.20 bits per heavy atom. The topological polar surface area (TPSA) is 132 Å². The van der Waals surface area contributed by atoms with Crippen LogP contribution in [-0.4, -0.2) is 49.3 Å². The van der Waals surface area contributed by atoms with Crippen molar-refractivity contribution in [3.8, 4) is 0 Å². The van der Waals surface area contributed by atoms with Crippen LogP contribution >= 0.6 is 0 Å². The summed E-state index contributed by atoms with van der Waals surface area (Å²) in [5, 5.41) is 0. The summed E-state index contributed by atoms with van der Waals surface area (Å²) < 4.78 is 40.8. The summed E-state index contributed by atoms with van der Waals surface area (Å²) in [6, 6.07) is 0. The van der Waals surface area contributed by atoms with Gasteiger partial charge in [0.15, 0.2) is 0 Å². The minimum absolute atomic E-state index is 0. The van der Waals surface area contributed by atoms with Gasteiger partial charge in [-0.3, -0.25) is 4.46 Å². The molecular formula is H6MgMoO7Si. The molecule has 0 rings (SSSR count). The molecule has 0 bridgehead atoms. The Balaban J connectivity index is -0.0000000221. The van der Waals surface area contributed by atoms with E-state index in [9.17, 15) is 0 Å². The van der Waals surface area contributed by atoms with E-state index < -0.39 is 25.9 Å². The van der Waals surface area contributed by atoms with Gasteiger partial charge in [0.2, 0.25) is 0 Å². The van der Waals surface area contributed by atoms with Crippen molar-refractivity contribution in [2.24, 2.45) is 0 Å². The zero-order valence-electron chi connectivity index (χ0n) is 6.63. The molecule has 4 N–H and O–H groups in total. The third-order valence-corrected chi connectivity index (χ3v) is 0. The molecule has 0 spiro atoms. The van der Waals surface area contributed by atoms with E-state index in [-0.39, 0.29) is 25.9 Å². The van der Waals surface area contributed by atoms with E-state index in [0.29, 0.717) is 0 Å². The normalized spacial score (nSPS) is 8.20. The molecule has 10 heavy (non-hydrogen) atoms. The zero-order valence-corrected chi connectivity index (χ0v) is 9.05. The maximum absolute atomic E-state index is 8.85. The van der Waals surface area contributed by atoms with Crippen LogP contribution in [0.25, 0.3) is 0 Å². The quantitative estimate of drug-likeness (QED) is 0.341. The monoisotopic (exact) mass is 268 g/mol. The van der Waals surface area contributed by atoms with Crippen molar-refractivity contribution in [3.05, 3.63) is 0 Å². The van der Waals surface area contributed by atoms with Gasteiger partial charge in [0.25, 0.3) is 0 Å². The Labute approximate surface area is 80.1 Å². The molecule has 0 aliphatic rings. The third kappa shape index (κ3) is 1420. The molecule has 7 nitrogen and oxygen atoms in total. The SMILES string of the molecule is O=[Si](O)O.[H-].[H-].[Mg+2].[O]=[Mo](=[O])([OH])[OH]. The molecule has 0 saturated heterocycles. The molecule has 0 radical (unpaired) electrons. The molecule has 0 aromatic carbocycles. The summed E-state index contributed by atoms with van der Waals surface area (Å²) in [6.07, 6.45) is 0. The minimum atomic E-state index is -5.52. The van der Waals surface area contributed by atoms with E-state index in [2.05, 4.69) is 0 Å². The summed E-state index contributed by atoms with van der Waals surface area (Å²) in [5.41, 5.74) is 0. The molecular weight excluding hydrogens is 260 g/mol. The third-order valence-electron chi connectivity index (χ3n) is 0. The fraction of sp³-hybridized carbons (Fsp3) is 0. The summed E-state index contributed by atoms with van der Waals surface area (Å²) in [6.45, 7) is 0. The van der Waals surface area contributed by atoms with Crippen LogP contribution in [0.15, 0.2) is 0 Å². The molecule has 0 aromatic heterocycles. The number of rotatable bonds is 0. The van der Waals surface area contributed by atoms with Gasteiger partial charge in [-0.05, 0) is 0 Å². The van der Waals surface area contributed by atoms with E-state index in [1.54, 1.807) is 0 Å². The number of hydrogen-bond donors (Lipinski definition) is 4. The molecule has 0 saturated carbocycles. The Morgan fingerprint density at radius 1 is 1.20 bits per heavy atom. The Kier molecular flexibility index (Phi) is 13.0. The van der Waals surface area contributed by atoms with Crippen LogP contribution in [0.2, 0.25) is 0 Å². The van der Waals surface area contributed by atoms with E-state index in [1.807, 2.05) is 0 Å². The first-order chi connectivity index (χ1) is 3.73. The van der Waals surface area contributed by atoms with Crippen LogP contribution in [0.4, 0.5) is 0 Å². The van der Waals surface area contributed by atoms with Gasteiger partial charge in [-0.2, -0.15) is 0 Å². The van der Waals surface area contributed by atoms with Gasteiger partial charge in [-0.1, -0.05) is 0 Å². The summed E-state index contributed by atoms with van der Waals surface area (Å²) in [7, 11) is -3.13. The maximum atomic E-state index is 8.85. The van der Waals surface area contributed by atoms with Gasteiger partial charge >= 0.3 is 63.3 Å². The predicted molar refractivity (Wildman–Crippen MR) is 24.7 cm³/mol.